The topological polar surface area (TPSA) is 48.1 Å². The minimum Gasteiger partial charge on any atom is -0.361 e. The van der Waals surface area contributed by atoms with Crippen LogP contribution in [0.4, 0.5) is 0 Å². The highest BCUT2D eigenvalue weighted by Gasteiger charge is 2.58. The molecular formula is C23H33N3O. The van der Waals surface area contributed by atoms with Crippen LogP contribution in [0, 0.1) is 16.7 Å². The van der Waals surface area contributed by atoms with Crippen LogP contribution >= 0.6 is 0 Å². The average Bonchev–Trinajstić information content (AvgIpc) is 3.17. The number of H-pyrrole nitrogens is 1. The first-order valence-corrected chi connectivity index (χ1v) is 10.4. The molecule has 0 bridgehead atoms. The Labute approximate surface area is 162 Å². The van der Waals surface area contributed by atoms with Gasteiger partial charge in [-0.05, 0) is 61.2 Å². The summed E-state index contributed by atoms with van der Waals surface area (Å²) < 4.78 is 0. The first-order valence-electron chi connectivity index (χ1n) is 10.4. The molecule has 2 fully saturated rings. The van der Waals surface area contributed by atoms with Gasteiger partial charge in [-0.15, -0.1) is 0 Å². The number of amides is 1. The van der Waals surface area contributed by atoms with Crippen LogP contribution in [0.25, 0.3) is 10.9 Å². The summed E-state index contributed by atoms with van der Waals surface area (Å²) in [5.41, 5.74) is 3.11. The lowest BCUT2D eigenvalue weighted by Crippen LogP contribution is -2.41. The number of nitrogens with one attached hydrogen (secondary N) is 2. The van der Waals surface area contributed by atoms with Gasteiger partial charge >= 0.3 is 0 Å². The maximum absolute atomic E-state index is 12.6. The number of piperidine rings is 1. The predicted octanol–water partition coefficient (Wildman–Crippen LogP) is 3.97. The molecule has 1 aromatic heterocycles. The Hall–Kier alpha value is -1.81. The lowest BCUT2D eigenvalue weighted by molar-refractivity contribution is -0.123. The van der Waals surface area contributed by atoms with Crippen LogP contribution in [0.5, 0.6) is 0 Å². The summed E-state index contributed by atoms with van der Waals surface area (Å²) in [6.07, 6.45) is 6.41. The molecule has 2 heterocycles. The van der Waals surface area contributed by atoms with E-state index in [0.29, 0.717) is 10.8 Å². The van der Waals surface area contributed by atoms with Crippen molar-refractivity contribution in [1.29, 1.82) is 0 Å². The third-order valence-electron chi connectivity index (χ3n) is 6.42. The van der Waals surface area contributed by atoms with Crippen LogP contribution in [0.2, 0.25) is 0 Å². The molecule has 1 aliphatic carbocycles. The first kappa shape index (κ1) is 18.5. The lowest BCUT2D eigenvalue weighted by Gasteiger charge is -2.36. The van der Waals surface area contributed by atoms with E-state index in [0.717, 1.165) is 39.0 Å². The summed E-state index contributed by atoms with van der Waals surface area (Å²) >= 11 is 0. The van der Waals surface area contributed by atoms with Gasteiger partial charge < -0.3 is 15.2 Å². The monoisotopic (exact) mass is 367 g/mol. The van der Waals surface area contributed by atoms with Crippen LogP contribution in [-0.4, -0.2) is 42.0 Å². The van der Waals surface area contributed by atoms with Crippen molar-refractivity contribution >= 4 is 16.8 Å². The molecule has 4 heteroatoms. The van der Waals surface area contributed by atoms with Gasteiger partial charge in [-0.3, -0.25) is 4.79 Å². The Balaban J connectivity index is 1.24. The zero-order chi connectivity index (χ0) is 19.1. The van der Waals surface area contributed by atoms with Gasteiger partial charge in [0, 0.05) is 36.1 Å². The van der Waals surface area contributed by atoms with Gasteiger partial charge in [-0.2, -0.15) is 0 Å². The fourth-order valence-electron chi connectivity index (χ4n) is 4.88. The third kappa shape index (κ3) is 4.06. The summed E-state index contributed by atoms with van der Waals surface area (Å²) in [4.78, 5) is 18.5. The summed E-state index contributed by atoms with van der Waals surface area (Å²) in [7, 11) is 0. The van der Waals surface area contributed by atoms with Crippen molar-refractivity contribution in [3.8, 4) is 0 Å². The second kappa shape index (κ2) is 6.97. The van der Waals surface area contributed by atoms with E-state index in [1.54, 1.807) is 0 Å². The van der Waals surface area contributed by atoms with Crippen molar-refractivity contribution in [2.45, 2.75) is 46.5 Å². The first-order chi connectivity index (χ1) is 12.9. The zero-order valence-corrected chi connectivity index (χ0v) is 17.0. The molecule has 1 spiro atoms. The summed E-state index contributed by atoms with van der Waals surface area (Å²) in [6, 6.07) is 8.35. The molecule has 27 heavy (non-hydrogen) atoms. The molecule has 0 radical (unpaired) electrons. The highest BCUT2D eigenvalue weighted by atomic mass is 16.2. The number of aromatic nitrogens is 1. The number of hydrogen-bond acceptors (Lipinski definition) is 2. The maximum Gasteiger partial charge on any atom is 0.223 e. The summed E-state index contributed by atoms with van der Waals surface area (Å²) in [6.45, 7) is 11.1. The number of carbonyl (C=O) groups is 1. The Bertz CT molecular complexity index is 808. The molecular weight excluding hydrogens is 334 g/mol. The smallest absolute Gasteiger partial charge is 0.223 e. The molecule has 1 aliphatic heterocycles. The fourth-order valence-corrected chi connectivity index (χ4v) is 4.88. The normalized spacial score (nSPS) is 22.3. The zero-order valence-electron chi connectivity index (χ0n) is 17.0. The Morgan fingerprint density at radius 1 is 1.26 bits per heavy atom. The highest BCUT2D eigenvalue weighted by Crippen LogP contribution is 2.59. The van der Waals surface area contributed by atoms with E-state index in [4.69, 9.17) is 0 Å². The molecule has 1 atom stereocenters. The number of fused-ring (bicyclic) bond motifs is 1. The van der Waals surface area contributed by atoms with Crippen molar-refractivity contribution in [2.24, 2.45) is 16.7 Å². The Morgan fingerprint density at radius 3 is 2.74 bits per heavy atom. The fraction of sp³-hybridized carbons (Fsp3) is 0.609. The van der Waals surface area contributed by atoms with Crippen molar-refractivity contribution in [2.75, 3.05) is 26.2 Å². The Kier molecular flexibility index (Phi) is 4.79. The third-order valence-corrected chi connectivity index (χ3v) is 6.42. The second-order valence-electron chi connectivity index (χ2n) is 9.86. The number of carbonyl (C=O) groups excluding carboxylic acids is 1. The van der Waals surface area contributed by atoms with Gasteiger partial charge in [0.05, 0.1) is 0 Å². The number of likely N-dealkylation sites (tertiary alicyclic amines) is 1. The number of rotatable bonds is 5. The molecule has 2 N–H and O–H groups in total. The molecule has 2 aromatic rings. The SMILES string of the molecule is CC(C)(C)CN1CCC2(CC1)CC2C(=O)NCCc1c[nH]c2ccccc12. The molecule has 4 rings (SSSR count). The van der Waals surface area contributed by atoms with Gasteiger partial charge in [0.15, 0.2) is 0 Å². The standard InChI is InChI=1S/C23H33N3O/c1-22(2,3)16-26-12-9-23(10-13-26)14-19(23)21(27)24-11-8-17-15-25-20-7-5-4-6-18(17)20/h4-7,15,19,25H,8-14,16H2,1-3H3,(H,24,27). The molecule has 1 saturated carbocycles. The quantitative estimate of drug-likeness (QED) is 0.840. The second-order valence-corrected chi connectivity index (χ2v) is 9.86. The summed E-state index contributed by atoms with van der Waals surface area (Å²) in [5, 5.41) is 4.47. The maximum atomic E-state index is 12.6. The van der Waals surface area contributed by atoms with Gasteiger partial charge in [-0.1, -0.05) is 39.0 Å². The molecule has 146 valence electrons. The molecule has 1 unspecified atom stereocenters. The van der Waals surface area contributed by atoms with Gasteiger partial charge in [0.2, 0.25) is 5.91 Å². The molecule has 4 nitrogen and oxygen atoms in total. The molecule has 1 amide bonds. The minimum absolute atomic E-state index is 0.247. The van der Waals surface area contributed by atoms with Crippen LogP contribution in [0.1, 0.15) is 45.6 Å². The minimum atomic E-state index is 0.247. The van der Waals surface area contributed by atoms with Crippen molar-refractivity contribution in [1.82, 2.24) is 15.2 Å². The Morgan fingerprint density at radius 2 is 2.00 bits per heavy atom. The molecule has 1 saturated heterocycles. The van der Waals surface area contributed by atoms with E-state index in [1.165, 1.54) is 29.3 Å². The molecule has 1 aromatic carbocycles. The number of nitrogens with zero attached hydrogens (tertiary/aromatic N) is 1. The average molecular weight is 368 g/mol. The highest BCUT2D eigenvalue weighted by molar-refractivity contribution is 5.84. The molecule has 2 aliphatic rings. The van der Waals surface area contributed by atoms with E-state index < -0.39 is 0 Å². The van der Waals surface area contributed by atoms with Crippen LogP contribution in [0.3, 0.4) is 0 Å². The van der Waals surface area contributed by atoms with E-state index in [9.17, 15) is 4.79 Å². The van der Waals surface area contributed by atoms with Crippen LogP contribution < -0.4 is 5.32 Å². The van der Waals surface area contributed by atoms with Gasteiger partial charge in [-0.25, -0.2) is 0 Å². The number of hydrogen-bond donors (Lipinski definition) is 2. The van der Waals surface area contributed by atoms with Crippen LogP contribution in [0.15, 0.2) is 30.5 Å². The van der Waals surface area contributed by atoms with E-state index in [2.05, 4.69) is 60.4 Å². The number of para-hydroxylation sites is 1. The van der Waals surface area contributed by atoms with Crippen LogP contribution in [-0.2, 0) is 11.2 Å². The predicted molar refractivity (Wildman–Crippen MR) is 111 cm³/mol. The van der Waals surface area contributed by atoms with E-state index in [1.807, 2.05) is 6.07 Å². The van der Waals surface area contributed by atoms with E-state index >= 15 is 0 Å². The van der Waals surface area contributed by atoms with Crippen molar-refractivity contribution < 1.29 is 4.79 Å². The summed E-state index contributed by atoms with van der Waals surface area (Å²) in [5.74, 6) is 0.524. The number of aromatic amines is 1. The largest absolute Gasteiger partial charge is 0.361 e. The van der Waals surface area contributed by atoms with Gasteiger partial charge in [0.1, 0.15) is 0 Å². The number of benzene rings is 1. The lowest BCUT2D eigenvalue weighted by atomic mass is 9.88. The van der Waals surface area contributed by atoms with Crippen molar-refractivity contribution in [3.63, 3.8) is 0 Å². The van der Waals surface area contributed by atoms with Gasteiger partial charge in [0.25, 0.3) is 0 Å². The van der Waals surface area contributed by atoms with Crippen molar-refractivity contribution in [3.05, 3.63) is 36.0 Å². The van der Waals surface area contributed by atoms with E-state index in [-0.39, 0.29) is 11.8 Å².